The van der Waals surface area contributed by atoms with E-state index in [2.05, 4.69) is 15.6 Å². The Bertz CT molecular complexity index is 1120. The van der Waals surface area contributed by atoms with Crippen molar-refractivity contribution < 1.29 is 14.0 Å². The van der Waals surface area contributed by atoms with Crippen molar-refractivity contribution in [1.82, 2.24) is 15.2 Å². The Morgan fingerprint density at radius 2 is 2.07 bits per heavy atom. The SMILES string of the molecule is Cc1c(CN(C)C(=O)/C=C/c2cnc3c(c2)CNC(=O)CN3)oc2ccccc12.Cl. The first-order valence-electron chi connectivity index (χ1n) is 9.41. The minimum Gasteiger partial charge on any atom is -0.459 e. The van der Waals surface area contributed by atoms with Crippen LogP contribution in [-0.2, 0) is 22.7 Å². The fraction of sp³-hybridized carbons (Fsp3) is 0.227. The molecule has 3 aromatic rings. The third-order valence-corrected chi connectivity index (χ3v) is 5.00. The summed E-state index contributed by atoms with van der Waals surface area (Å²) in [6.07, 6.45) is 4.92. The smallest absolute Gasteiger partial charge is 0.246 e. The van der Waals surface area contributed by atoms with Crippen molar-refractivity contribution in [3.05, 3.63) is 65.1 Å². The third-order valence-electron chi connectivity index (χ3n) is 5.00. The van der Waals surface area contributed by atoms with Gasteiger partial charge in [-0.3, -0.25) is 9.59 Å². The first-order chi connectivity index (χ1) is 14.0. The molecule has 30 heavy (non-hydrogen) atoms. The zero-order valence-electron chi connectivity index (χ0n) is 16.8. The first-order valence-corrected chi connectivity index (χ1v) is 9.41. The van der Waals surface area contributed by atoms with Crippen LogP contribution in [0.2, 0.25) is 0 Å². The lowest BCUT2D eigenvalue weighted by molar-refractivity contribution is -0.125. The number of nitrogens with one attached hydrogen (secondary N) is 2. The van der Waals surface area contributed by atoms with E-state index in [0.717, 1.165) is 33.4 Å². The Labute approximate surface area is 180 Å². The van der Waals surface area contributed by atoms with E-state index in [1.54, 1.807) is 24.2 Å². The Morgan fingerprint density at radius 1 is 1.27 bits per heavy atom. The molecular formula is C22H23ClN4O3. The topological polar surface area (TPSA) is 87.5 Å². The molecule has 1 aromatic carbocycles. The number of pyridine rings is 1. The van der Waals surface area contributed by atoms with Crippen LogP contribution in [0.5, 0.6) is 0 Å². The van der Waals surface area contributed by atoms with Crippen molar-refractivity contribution in [2.75, 3.05) is 18.9 Å². The van der Waals surface area contributed by atoms with Crippen LogP contribution in [0.1, 0.15) is 22.5 Å². The Balaban J connectivity index is 0.00000256. The highest BCUT2D eigenvalue weighted by Crippen LogP contribution is 2.25. The minimum absolute atomic E-state index is 0. The van der Waals surface area contributed by atoms with E-state index >= 15 is 0 Å². The number of benzene rings is 1. The molecule has 4 rings (SSSR count). The average Bonchev–Trinajstić information content (AvgIpc) is 2.92. The van der Waals surface area contributed by atoms with Crippen LogP contribution in [0.4, 0.5) is 5.82 Å². The van der Waals surface area contributed by atoms with Gasteiger partial charge in [0.2, 0.25) is 11.8 Å². The highest BCUT2D eigenvalue weighted by atomic mass is 35.5. The monoisotopic (exact) mass is 426 g/mol. The summed E-state index contributed by atoms with van der Waals surface area (Å²) in [5.74, 6) is 1.26. The maximum absolute atomic E-state index is 12.5. The molecule has 7 nitrogen and oxygen atoms in total. The van der Waals surface area contributed by atoms with Crippen LogP contribution in [0.15, 0.2) is 47.0 Å². The van der Waals surface area contributed by atoms with E-state index in [4.69, 9.17) is 4.42 Å². The predicted molar refractivity (Wildman–Crippen MR) is 118 cm³/mol. The molecule has 0 aliphatic carbocycles. The number of hydrogen-bond donors (Lipinski definition) is 2. The number of carbonyl (C=O) groups is 2. The second kappa shape index (κ2) is 9.00. The number of furan rings is 1. The van der Waals surface area contributed by atoms with Crippen LogP contribution in [0, 0.1) is 6.92 Å². The van der Waals surface area contributed by atoms with Gasteiger partial charge in [0, 0.05) is 42.4 Å². The molecule has 0 unspecified atom stereocenters. The number of para-hydroxylation sites is 1. The molecule has 0 bridgehead atoms. The number of fused-ring (bicyclic) bond motifs is 2. The number of anilines is 1. The Kier molecular flexibility index (Phi) is 6.42. The zero-order chi connectivity index (χ0) is 20.4. The lowest BCUT2D eigenvalue weighted by Crippen LogP contribution is -2.25. The zero-order valence-corrected chi connectivity index (χ0v) is 17.6. The van der Waals surface area contributed by atoms with Gasteiger partial charge in [-0.2, -0.15) is 0 Å². The molecular weight excluding hydrogens is 404 g/mol. The van der Waals surface area contributed by atoms with E-state index in [1.807, 2.05) is 37.3 Å². The van der Waals surface area contributed by atoms with Gasteiger partial charge in [-0.05, 0) is 30.7 Å². The van der Waals surface area contributed by atoms with Crippen LogP contribution in [-0.4, -0.2) is 35.3 Å². The van der Waals surface area contributed by atoms with E-state index in [0.29, 0.717) is 18.9 Å². The fourth-order valence-electron chi connectivity index (χ4n) is 3.30. The molecule has 1 aliphatic heterocycles. The maximum atomic E-state index is 12.5. The van der Waals surface area contributed by atoms with Crippen LogP contribution < -0.4 is 10.6 Å². The van der Waals surface area contributed by atoms with E-state index in [-0.39, 0.29) is 30.8 Å². The highest BCUT2D eigenvalue weighted by molar-refractivity contribution is 5.92. The predicted octanol–water partition coefficient (Wildman–Crippen LogP) is 3.27. The Morgan fingerprint density at radius 3 is 2.87 bits per heavy atom. The molecule has 0 saturated carbocycles. The summed E-state index contributed by atoms with van der Waals surface area (Å²) in [4.78, 5) is 30.0. The molecule has 0 spiro atoms. The Hall–Kier alpha value is -3.32. The fourth-order valence-corrected chi connectivity index (χ4v) is 3.30. The summed E-state index contributed by atoms with van der Waals surface area (Å²) >= 11 is 0. The number of aromatic nitrogens is 1. The van der Waals surface area contributed by atoms with Gasteiger partial charge >= 0.3 is 0 Å². The van der Waals surface area contributed by atoms with Gasteiger partial charge in [-0.15, -0.1) is 12.4 Å². The summed E-state index contributed by atoms with van der Waals surface area (Å²) < 4.78 is 5.90. The number of amides is 2. The van der Waals surface area contributed by atoms with Crippen LogP contribution in [0.25, 0.3) is 17.0 Å². The van der Waals surface area contributed by atoms with E-state index in [1.165, 1.54) is 6.08 Å². The second-order valence-corrected chi connectivity index (χ2v) is 7.08. The number of halogens is 1. The number of rotatable bonds is 4. The molecule has 3 heterocycles. The van der Waals surface area contributed by atoms with Crippen LogP contribution >= 0.6 is 12.4 Å². The van der Waals surface area contributed by atoms with Gasteiger partial charge in [0.1, 0.15) is 17.2 Å². The lowest BCUT2D eigenvalue weighted by atomic mass is 10.1. The van der Waals surface area contributed by atoms with Gasteiger partial charge in [-0.1, -0.05) is 18.2 Å². The van der Waals surface area contributed by atoms with Crippen molar-refractivity contribution in [3.8, 4) is 0 Å². The quantitative estimate of drug-likeness (QED) is 0.625. The molecule has 1 aliphatic rings. The van der Waals surface area contributed by atoms with Gasteiger partial charge in [0.05, 0.1) is 13.1 Å². The molecule has 0 saturated heterocycles. The number of hydrogen-bond acceptors (Lipinski definition) is 5. The number of carbonyl (C=O) groups excluding carboxylic acids is 2. The lowest BCUT2D eigenvalue weighted by Gasteiger charge is -2.14. The number of likely N-dealkylation sites (N-methyl/N-ethyl adjacent to an activating group) is 1. The third kappa shape index (κ3) is 4.46. The standard InChI is InChI=1S/C22H22N4O3.ClH/c1-14-17-5-3-4-6-18(17)29-19(14)13-26(2)21(28)8-7-15-9-16-11-23-20(27)12-25-22(16)24-10-15;/h3-10H,11-13H2,1-2H3,(H,23,27)(H,24,25);1H/b8-7+;. The summed E-state index contributed by atoms with van der Waals surface area (Å²) in [5, 5.41) is 6.86. The minimum atomic E-state index is -0.133. The maximum Gasteiger partial charge on any atom is 0.246 e. The molecule has 0 atom stereocenters. The molecule has 156 valence electrons. The van der Waals surface area contributed by atoms with Crippen molar-refractivity contribution in [3.63, 3.8) is 0 Å². The van der Waals surface area contributed by atoms with E-state index in [9.17, 15) is 9.59 Å². The first kappa shape index (κ1) is 21.4. The highest BCUT2D eigenvalue weighted by Gasteiger charge is 2.15. The normalized spacial score (nSPS) is 13.2. The summed E-state index contributed by atoms with van der Waals surface area (Å²) in [5.41, 5.74) is 3.56. The van der Waals surface area contributed by atoms with Gasteiger partial charge in [0.25, 0.3) is 0 Å². The van der Waals surface area contributed by atoms with Gasteiger partial charge in [-0.25, -0.2) is 4.98 Å². The second-order valence-electron chi connectivity index (χ2n) is 7.08. The molecule has 0 radical (unpaired) electrons. The van der Waals surface area contributed by atoms with Crippen molar-refractivity contribution in [2.45, 2.75) is 20.0 Å². The average molecular weight is 427 g/mol. The van der Waals surface area contributed by atoms with Crippen molar-refractivity contribution >= 4 is 47.1 Å². The molecule has 2 amide bonds. The number of aryl methyl sites for hydroxylation is 1. The largest absolute Gasteiger partial charge is 0.459 e. The molecule has 2 aromatic heterocycles. The summed E-state index contributed by atoms with van der Waals surface area (Å²) in [7, 11) is 1.74. The molecule has 8 heteroatoms. The van der Waals surface area contributed by atoms with Crippen molar-refractivity contribution in [1.29, 1.82) is 0 Å². The van der Waals surface area contributed by atoms with Crippen LogP contribution in [0.3, 0.4) is 0 Å². The summed E-state index contributed by atoms with van der Waals surface area (Å²) in [6.45, 7) is 3.01. The van der Waals surface area contributed by atoms with Gasteiger partial charge in [0.15, 0.2) is 0 Å². The van der Waals surface area contributed by atoms with Crippen molar-refractivity contribution in [2.24, 2.45) is 0 Å². The van der Waals surface area contributed by atoms with Gasteiger partial charge < -0.3 is 20.0 Å². The summed E-state index contributed by atoms with van der Waals surface area (Å²) in [6, 6.07) is 9.76. The van der Waals surface area contributed by atoms with E-state index < -0.39 is 0 Å². The molecule has 0 fully saturated rings. The number of nitrogens with zero attached hydrogens (tertiary/aromatic N) is 2. The molecule has 2 N–H and O–H groups in total.